The minimum Gasteiger partial charge on any atom is -0.368 e. The van der Waals surface area contributed by atoms with E-state index >= 15 is 0 Å². The largest absolute Gasteiger partial charge is 0.368 e. The summed E-state index contributed by atoms with van der Waals surface area (Å²) in [5.74, 6) is 1.29. The van der Waals surface area contributed by atoms with E-state index in [1.807, 2.05) is 0 Å². The number of aromatic nitrogens is 2. The predicted molar refractivity (Wildman–Crippen MR) is 104 cm³/mol. The molecular weight excluding hydrogens is 310 g/mol. The van der Waals surface area contributed by atoms with Gasteiger partial charge in [-0.3, -0.25) is 0 Å². The molecule has 2 N–H and O–H groups in total. The van der Waals surface area contributed by atoms with Crippen LogP contribution in [0.2, 0.25) is 0 Å². The van der Waals surface area contributed by atoms with E-state index in [-0.39, 0.29) is 0 Å². The number of anilines is 2. The second-order valence-electron chi connectivity index (χ2n) is 6.80. The third kappa shape index (κ3) is 3.15. The highest BCUT2D eigenvalue weighted by molar-refractivity contribution is 5.93. The molecule has 3 aromatic rings. The van der Waals surface area contributed by atoms with Gasteiger partial charge in [-0.2, -0.15) is 4.98 Å². The number of nitrogen functional groups attached to an aromatic ring is 1. The molecule has 1 aromatic heterocycles. The van der Waals surface area contributed by atoms with Gasteiger partial charge in [-0.05, 0) is 37.2 Å². The van der Waals surface area contributed by atoms with E-state index in [1.165, 1.54) is 11.1 Å². The molecule has 1 fully saturated rings. The normalized spacial score (nSPS) is 15.7. The van der Waals surface area contributed by atoms with Crippen LogP contribution >= 0.6 is 0 Å². The first kappa shape index (κ1) is 15.8. The number of piperazine rings is 1. The van der Waals surface area contributed by atoms with Gasteiger partial charge in [0.05, 0.1) is 5.52 Å². The van der Waals surface area contributed by atoms with E-state index in [1.54, 1.807) is 0 Å². The van der Waals surface area contributed by atoms with Crippen molar-refractivity contribution in [2.45, 2.75) is 6.92 Å². The lowest BCUT2D eigenvalue weighted by molar-refractivity contribution is 0.312. The lowest BCUT2D eigenvalue weighted by Crippen LogP contribution is -2.45. The summed E-state index contributed by atoms with van der Waals surface area (Å²) in [5, 5.41) is 1.06. The molecule has 0 saturated carbocycles. The molecule has 0 unspecified atom stereocenters. The fourth-order valence-corrected chi connectivity index (χ4v) is 3.39. The molecule has 0 radical (unpaired) electrons. The summed E-state index contributed by atoms with van der Waals surface area (Å²) in [5.41, 5.74) is 10.5. The van der Waals surface area contributed by atoms with Crippen LogP contribution in [-0.4, -0.2) is 48.1 Å². The summed E-state index contributed by atoms with van der Waals surface area (Å²) >= 11 is 0. The molecule has 0 aliphatic carbocycles. The van der Waals surface area contributed by atoms with Gasteiger partial charge in [-0.25, -0.2) is 4.98 Å². The summed E-state index contributed by atoms with van der Waals surface area (Å²) in [4.78, 5) is 13.7. The third-order valence-electron chi connectivity index (χ3n) is 4.85. The molecule has 5 nitrogen and oxygen atoms in total. The molecule has 25 heavy (non-hydrogen) atoms. The zero-order chi connectivity index (χ0) is 17.4. The highest BCUT2D eigenvalue weighted by atomic mass is 15.3. The number of likely N-dealkylation sites (N-methyl/N-ethyl adjacent to an activating group) is 1. The van der Waals surface area contributed by atoms with Crippen LogP contribution in [0.4, 0.5) is 11.8 Å². The molecule has 1 aliphatic heterocycles. The molecule has 5 heteroatoms. The van der Waals surface area contributed by atoms with E-state index in [2.05, 4.69) is 76.2 Å². The molecule has 128 valence electrons. The first-order chi connectivity index (χ1) is 12.1. The first-order valence-corrected chi connectivity index (χ1v) is 8.68. The van der Waals surface area contributed by atoms with Crippen molar-refractivity contribution in [2.24, 2.45) is 0 Å². The second kappa shape index (κ2) is 6.33. The number of aryl methyl sites for hydroxylation is 1. The Balaban J connectivity index is 1.78. The number of hydrogen-bond acceptors (Lipinski definition) is 5. The Morgan fingerprint density at radius 2 is 1.68 bits per heavy atom. The molecule has 0 atom stereocenters. The molecule has 0 spiro atoms. The predicted octanol–water partition coefficient (Wildman–Crippen LogP) is 2.94. The highest BCUT2D eigenvalue weighted by Crippen LogP contribution is 2.30. The summed E-state index contributed by atoms with van der Waals surface area (Å²) < 4.78 is 0. The molecular formula is C20H23N5. The fourth-order valence-electron chi connectivity index (χ4n) is 3.39. The minimum atomic E-state index is 0.336. The Labute approximate surface area is 148 Å². The van der Waals surface area contributed by atoms with Gasteiger partial charge in [-0.15, -0.1) is 0 Å². The van der Waals surface area contributed by atoms with Crippen LogP contribution in [0, 0.1) is 6.92 Å². The van der Waals surface area contributed by atoms with Gasteiger partial charge in [-0.1, -0.05) is 35.9 Å². The Morgan fingerprint density at radius 3 is 2.44 bits per heavy atom. The minimum absolute atomic E-state index is 0.336. The van der Waals surface area contributed by atoms with Gasteiger partial charge in [0.15, 0.2) is 0 Å². The van der Waals surface area contributed by atoms with Gasteiger partial charge >= 0.3 is 0 Å². The number of rotatable bonds is 2. The van der Waals surface area contributed by atoms with Crippen molar-refractivity contribution < 1.29 is 0 Å². The van der Waals surface area contributed by atoms with Crippen LogP contribution in [0.3, 0.4) is 0 Å². The van der Waals surface area contributed by atoms with Crippen LogP contribution < -0.4 is 10.6 Å². The molecule has 1 saturated heterocycles. The van der Waals surface area contributed by atoms with Gasteiger partial charge in [0.2, 0.25) is 5.95 Å². The lowest BCUT2D eigenvalue weighted by Gasteiger charge is -2.33. The zero-order valence-corrected chi connectivity index (χ0v) is 14.7. The van der Waals surface area contributed by atoms with Gasteiger partial charge in [0, 0.05) is 31.6 Å². The Bertz CT molecular complexity index is 913. The SMILES string of the molecule is Cc1cccc(-c2ccc3c(N4CCN(C)CC4)nc(N)nc3c2)c1. The molecule has 2 heterocycles. The number of nitrogens with two attached hydrogens (primary N) is 1. The maximum absolute atomic E-state index is 6.01. The van der Waals surface area contributed by atoms with Gasteiger partial charge in [0.25, 0.3) is 0 Å². The quantitative estimate of drug-likeness (QED) is 0.781. The summed E-state index contributed by atoms with van der Waals surface area (Å²) in [6.07, 6.45) is 0. The average Bonchev–Trinajstić information content (AvgIpc) is 2.61. The van der Waals surface area contributed by atoms with Crippen molar-refractivity contribution in [3.05, 3.63) is 48.0 Å². The van der Waals surface area contributed by atoms with Crippen molar-refractivity contribution in [1.82, 2.24) is 14.9 Å². The zero-order valence-electron chi connectivity index (χ0n) is 14.7. The molecule has 1 aliphatic rings. The fraction of sp³-hybridized carbons (Fsp3) is 0.300. The Morgan fingerprint density at radius 1 is 0.920 bits per heavy atom. The van der Waals surface area contributed by atoms with E-state index in [9.17, 15) is 0 Å². The van der Waals surface area contributed by atoms with Crippen molar-refractivity contribution in [2.75, 3.05) is 43.9 Å². The molecule has 0 bridgehead atoms. The number of hydrogen-bond donors (Lipinski definition) is 1. The number of nitrogens with zero attached hydrogens (tertiary/aromatic N) is 4. The van der Waals surface area contributed by atoms with Gasteiger partial charge < -0.3 is 15.5 Å². The van der Waals surface area contributed by atoms with E-state index in [4.69, 9.17) is 5.73 Å². The van der Waals surface area contributed by atoms with Crippen LogP contribution in [-0.2, 0) is 0 Å². The number of fused-ring (bicyclic) bond motifs is 1. The Hall–Kier alpha value is -2.66. The summed E-state index contributed by atoms with van der Waals surface area (Å²) in [7, 11) is 2.15. The number of benzene rings is 2. The standard InChI is InChI=1S/C20H23N5/c1-14-4-3-5-15(12-14)16-6-7-17-18(13-16)22-20(21)23-19(17)25-10-8-24(2)9-11-25/h3-7,12-13H,8-11H2,1-2H3,(H2,21,22,23). The van der Waals surface area contributed by atoms with Crippen LogP contribution in [0.25, 0.3) is 22.0 Å². The van der Waals surface area contributed by atoms with E-state index < -0.39 is 0 Å². The highest BCUT2D eigenvalue weighted by Gasteiger charge is 2.19. The van der Waals surface area contributed by atoms with E-state index in [0.29, 0.717) is 5.95 Å². The third-order valence-corrected chi connectivity index (χ3v) is 4.85. The topological polar surface area (TPSA) is 58.3 Å². The molecule has 2 aromatic carbocycles. The monoisotopic (exact) mass is 333 g/mol. The van der Waals surface area contributed by atoms with E-state index in [0.717, 1.165) is 48.5 Å². The van der Waals surface area contributed by atoms with Crippen LogP contribution in [0.5, 0.6) is 0 Å². The molecule has 4 rings (SSSR count). The van der Waals surface area contributed by atoms with Crippen molar-refractivity contribution in [3.8, 4) is 11.1 Å². The maximum Gasteiger partial charge on any atom is 0.222 e. The van der Waals surface area contributed by atoms with Gasteiger partial charge in [0.1, 0.15) is 5.82 Å². The smallest absolute Gasteiger partial charge is 0.222 e. The average molecular weight is 333 g/mol. The van der Waals surface area contributed by atoms with Crippen molar-refractivity contribution in [1.29, 1.82) is 0 Å². The van der Waals surface area contributed by atoms with Crippen LogP contribution in [0.1, 0.15) is 5.56 Å². The summed E-state index contributed by atoms with van der Waals surface area (Å²) in [6, 6.07) is 14.9. The second-order valence-corrected chi connectivity index (χ2v) is 6.80. The Kier molecular flexibility index (Phi) is 4.01. The van der Waals surface area contributed by atoms with Crippen molar-refractivity contribution in [3.63, 3.8) is 0 Å². The maximum atomic E-state index is 6.01. The van der Waals surface area contributed by atoms with Crippen LogP contribution in [0.15, 0.2) is 42.5 Å². The van der Waals surface area contributed by atoms with Crippen molar-refractivity contribution >= 4 is 22.7 Å². The summed E-state index contributed by atoms with van der Waals surface area (Å²) in [6.45, 7) is 6.10. The molecule has 0 amide bonds. The first-order valence-electron chi connectivity index (χ1n) is 8.68. The lowest BCUT2D eigenvalue weighted by atomic mass is 10.0.